The Labute approximate surface area is 211 Å². The first-order chi connectivity index (χ1) is 16.4. The van der Waals surface area contributed by atoms with Gasteiger partial charge in [0.15, 0.2) is 0 Å². The summed E-state index contributed by atoms with van der Waals surface area (Å²) in [5.74, 6) is 0. The van der Waals surface area contributed by atoms with E-state index in [1.165, 1.54) is 24.5 Å². The molecule has 0 unspecified atom stereocenters. The van der Waals surface area contributed by atoms with Gasteiger partial charge in [0.1, 0.15) is 11.2 Å². The molecular weight excluding hydrogens is 510 g/mol. The molecule has 36 heavy (non-hydrogen) atoms. The highest BCUT2D eigenvalue weighted by Crippen LogP contribution is 2.28. The Balaban J connectivity index is 2.24. The van der Waals surface area contributed by atoms with Crippen LogP contribution >= 0.6 is 0 Å². The van der Waals surface area contributed by atoms with Crippen LogP contribution < -0.4 is 0 Å². The van der Waals surface area contributed by atoms with Gasteiger partial charge in [0.2, 0.25) is 0 Å². The van der Waals surface area contributed by atoms with Gasteiger partial charge in [-0.05, 0) is 76.9 Å². The molecule has 11 nitrogen and oxygen atoms in total. The SMILES string of the molecule is CC(C)(C)OC(=O)N1Cc2cncc(c2)CN(C(=O)OC(C)(C)C)S(=O)(=O)c2cccc(c2)S1(=O)=O. The fourth-order valence-corrected chi connectivity index (χ4v) is 5.96. The van der Waals surface area contributed by atoms with Crippen molar-refractivity contribution in [1.29, 1.82) is 0 Å². The van der Waals surface area contributed by atoms with Crippen molar-refractivity contribution in [3.8, 4) is 0 Å². The van der Waals surface area contributed by atoms with Crippen molar-refractivity contribution in [2.75, 3.05) is 0 Å². The maximum absolute atomic E-state index is 13.6. The topological polar surface area (TPSA) is 140 Å². The number of rotatable bonds is 0. The molecule has 0 atom stereocenters. The summed E-state index contributed by atoms with van der Waals surface area (Å²) in [6.07, 6.45) is 0.415. The van der Waals surface area contributed by atoms with E-state index < -0.39 is 66.3 Å². The van der Waals surface area contributed by atoms with Crippen molar-refractivity contribution < 1.29 is 35.9 Å². The van der Waals surface area contributed by atoms with Crippen molar-refractivity contribution in [3.05, 3.63) is 53.9 Å². The average Bonchev–Trinajstić information content (AvgIpc) is 2.73. The average molecular weight is 540 g/mol. The predicted octanol–water partition coefficient (Wildman–Crippen LogP) is 3.65. The van der Waals surface area contributed by atoms with Crippen LogP contribution in [0.2, 0.25) is 0 Å². The van der Waals surface area contributed by atoms with Gasteiger partial charge in [0.05, 0.1) is 22.9 Å². The monoisotopic (exact) mass is 539 g/mol. The Kier molecular flexibility index (Phi) is 7.12. The molecule has 0 aliphatic carbocycles. The number of nitrogens with zero attached hydrogens (tertiary/aromatic N) is 3. The Morgan fingerprint density at radius 3 is 1.50 bits per heavy atom. The van der Waals surface area contributed by atoms with Gasteiger partial charge in [-0.15, -0.1) is 0 Å². The van der Waals surface area contributed by atoms with Crippen LogP contribution in [0.3, 0.4) is 0 Å². The first kappa shape index (κ1) is 27.4. The van der Waals surface area contributed by atoms with Crippen LogP contribution in [0.4, 0.5) is 9.59 Å². The van der Waals surface area contributed by atoms with Crippen molar-refractivity contribution in [2.24, 2.45) is 0 Å². The maximum Gasteiger partial charge on any atom is 0.424 e. The van der Waals surface area contributed by atoms with Crippen LogP contribution in [0.5, 0.6) is 0 Å². The summed E-state index contributed by atoms with van der Waals surface area (Å²) >= 11 is 0. The largest absolute Gasteiger partial charge is 0.443 e. The zero-order valence-electron chi connectivity index (χ0n) is 20.9. The Morgan fingerprint density at radius 1 is 0.750 bits per heavy atom. The molecule has 0 saturated carbocycles. The van der Waals surface area contributed by atoms with Crippen LogP contribution in [0.15, 0.2) is 52.5 Å². The van der Waals surface area contributed by atoms with E-state index in [0.29, 0.717) is 8.61 Å². The van der Waals surface area contributed by atoms with Gasteiger partial charge in [-0.2, -0.15) is 8.61 Å². The van der Waals surface area contributed by atoms with E-state index in [4.69, 9.17) is 9.47 Å². The summed E-state index contributed by atoms with van der Waals surface area (Å²) in [6, 6.07) is 5.89. The highest BCUT2D eigenvalue weighted by molar-refractivity contribution is 7.90. The van der Waals surface area contributed by atoms with Crippen LogP contribution in [0.1, 0.15) is 52.7 Å². The van der Waals surface area contributed by atoms with Gasteiger partial charge < -0.3 is 9.47 Å². The Morgan fingerprint density at radius 2 is 1.14 bits per heavy atom. The number of ether oxygens (including phenoxy) is 2. The summed E-state index contributed by atoms with van der Waals surface area (Å²) in [4.78, 5) is 29.0. The minimum absolute atomic E-state index is 0.278. The summed E-state index contributed by atoms with van der Waals surface area (Å²) in [5, 5.41) is 0. The number of carbonyl (C=O) groups excluding carboxylic acids is 2. The van der Waals surface area contributed by atoms with Crippen LogP contribution in [0.25, 0.3) is 0 Å². The molecule has 2 aromatic rings. The molecule has 1 aliphatic rings. The zero-order chi connectivity index (χ0) is 27.1. The van der Waals surface area contributed by atoms with E-state index in [-0.39, 0.29) is 11.1 Å². The van der Waals surface area contributed by atoms with Crippen molar-refractivity contribution in [1.82, 2.24) is 13.6 Å². The molecule has 0 N–H and O–H groups in total. The highest BCUT2D eigenvalue weighted by atomic mass is 32.2. The van der Waals surface area contributed by atoms with Crippen LogP contribution in [-0.2, 0) is 42.6 Å². The van der Waals surface area contributed by atoms with Gasteiger partial charge in [0.25, 0.3) is 20.0 Å². The molecule has 3 rings (SSSR count). The molecule has 1 aromatic heterocycles. The lowest BCUT2D eigenvalue weighted by Gasteiger charge is -2.29. The lowest BCUT2D eigenvalue weighted by atomic mass is 10.2. The molecule has 2 heterocycles. The predicted molar refractivity (Wildman–Crippen MR) is 129 cm³/mol. The third kappa shape index (κ3) is 6.13. The quantitative estimate of drug-likeness (QED) is 0.490. The molecule has 0 radical (unpaired) electrons. The number of benzene rings is 1. The number of hydrogen-bond donors (Lipinski definition) is 0. The summed E-state index contributed by atoms with van der Waals surface area (Å²) in [7, 11) is -9.15. The first-order valence-corrected chi connectivity index (χ1v) is 13.8. The summed E-state index contributed by atoms with van der Waals surface area (Å²) < 4.78 is 65.9. The molecule has 0 saturated heterocycles. The normalized spacial score (nSPS) is 17.4. The van der Waals surface area contributed by atoms with Crippen molar-refractivity contribution >= 4 is 32.2 Å². The molecule has 196 valence electrons. The third-order valence-corrected chi connectivity index (χ3v) is 8.10. The summed E-state index contributed by atoms with van der Waals surface area (Å²) in [6.45, 7) is 8.69. The smallest absolute Gasteiger partial charge is 0.424 e. The molecule has 1 aromatic carbocycles. The van der Waals surface area contributed by atoms with Gasteiger partial charge in [-0.1, -0.05) is 6.07 Å². The van der Waals surface area contributed by atoms with Gasteiger partial charge >= 0.3 is 12.2 Å². The number of amides is 2. The number of aromatic nitrogens is 1. The van der Waals surface area contributed by atoms with Gasteiger partial charge in [-0.25, -0.2) is 26.4 Å². The standard InChI is InChI=1S/C23H29N3O8S2/c1-22(2,3)33-20(27)25-14-16-10-17(13-24-12-16)15-26(21(28)34-23(4,5)6)36(31,32)19-9-7-8-18(11-19)35(25,29)30/h7-13H,14-15H2,1-6H3. The lowest BCUT2D eigenvalue weighted by molar-refractivity contribution is 0.0371. The Bertz CT molecular complexity index is 1290. The second kappa shape index (κ2) is 9.36. The van der Waals surface area contributed by atoms with Crippen molar-refractivity contribution in [3.63, 3.8) is 0 Å². The molecule has 2 amide bonds. The van der Waals surface area contributed by atoms with Crippen molar-refractivity contribution in [2.45, 2.75) is 75.6 Å². The maximum atomic E-state index is 13.6. The van der Waals surface area contributed by atoms with E-state index in [2.05, 4.69) is 4.98 Å². The third-order valence-electron chi connectivity index (χ3n) is 4.68. The zero-order valence-corrected chi connectivity index (χ0v) is 22.5. The van der Waals surface area contributed by atoms with E-state index in [9.17, 15) is 26.4 Å². The minimum Gasteiger partial charge on any atom is -0.443 e. The lowest BCUT2D eigenvalue weighted by Crippen LogP contribution is -2.42. The fraction of sp³-hybridized carbons (Fsp3) is 0.435. The second-order valence-electron chi connectivity index (χ2n) is 10.2. The molecular formula is C23H29N3O8S2. The number of fused-ring (bicyclic) bond motifs is 4. The van der Waals surface area contributed by atoms with E-state index >= 15 is 0 Å². The minimum atomic E-state index is -4.58. The van der Waals surface area contributed by atoms with E-state index in [0.717, 1.165) is 18.2 Å². The fourth-order valence-electron chi connectivity index (χ4n) is 3.22. The first-order valence-electron chi connectivity index (χ1n) is 10.9. The van der Waals surface area contributed by atoms with Gasteiger partial charge in [-0.3, -0.25) is 4.98 Å². The number of hydrogen-bond acceptors (Lipinski definition) is 9. The highest BCUT2D eigenvalue weighted by Gasteiger charge is 2.37. The molecule has 13 heteroatoms. The number of pyridine rings is 1. The van der Waals surface area contributed by atoms with E-state index in [1.54, 1.807) is 41.5 Å². The van der Waals surface area contributed by atoms with Gasteiger partial charge in [0, 0.05) is 12.4 Å². The van der Waals surface area contributed by atoms with Crippen LogP contribution in [0, 0.1) is 0 Å². The molecule has 1 aliphatic heterocycles. The molecule has 0 fully saturated rings. The molecule has 4 bridgehead atoms. The summed E-state index contributed by atoms with van der Waals surface area (Å²) in [5.41, 5.74) is -1.43. The molecule has 0 spiro atoms. The number of sulfonamides is 2. The second-order valence-corrected chi connectivity index (χ2v) is 13.9. The van der Waals surface area contributed by atoms with E-state index in [1.807, 2.05) is 0 Å². The Hall–Kier alpha value is -3.19. The van der Waals surface area contributed by atoms with Crippen LogP contribution in [-0.4, -0.2) is 53.8 Å². The number of carbonyl (C=O) groups is 2.